The highest BCUT2D eigenvalue weighted by Crippen LogP contribution is 2.56. The van der Waals surface area contributed by atoms with E-state index in [1.165, 1.54) is 12.0 Å². The molecule has 5 bridgehead atoms. The third kappa shape index (κ3) is 7.07. The highest BCUT2D eigenvalue weighted by atomic mass is 16.6. The second-order valence-electron chi connectivity index (χ2n) is 15.6. The lowest BCUT2D eigenvalue weighted by molar-refractivity contribution is -0.163. The molecular weight excluding hydrogens is 626 g/mol. The van der Waals surface area contributed by atoms with Crippen LogP contribution in [0.4, 0.5) is 0 Å². The lowest BCUT2D eigenvalue weighted by atomic mass is 9.74. The maximum atomic E-state index is 15.1. The van der Waals surface area contributed by atoms with Gasteiger partial charge in [-0.1, -0.05) is 82.3 Å². The summed E-state index contributed by atoms with van der Waals surface area (Å²) in [6.07, 6.45) is 7.24. The number of benzene rings is 1. The van der Waals surface area contributed by atoms with Gasteiger partial charge in [0.05, 0.1) is 37.3 Å². The molecule has 268 valence electrons. The van der Waals surface area contributed by atoms with Gasteiger partial charge < -0.3 is 34.4 Å². The van der Waals surface area contributed by atoms with E-state index in [-0.39, 0.29) is 43.4 Å². The lowest BCUT2D eigenvalue weighted by Crippen LogP contribution is -2.62. The Hall–Kier alpha value is -3.54. The third-order valence-corrected chi connectivity index (χ3v) is 10.3. The first-order valence-electron chi connectivity index (χ1n) is 17.5. The van der Waals surface area contributed by atoms with Crippen LogP contribution >= 0.6 is 0 Å². The number of aliphatic hydroxyl groups is 1. The van der Waals surface area contributed by atoms with Crippen molar-refractivity contribution in [2.75, 3.05) is 26.9 Å². The van der Waals surface area contributed by atoms with Crippen molar-refractivity contribution in [3.05, 3.63) is 60.2 Å². The van der Waals surface area contributed by atoms with Gasteiger partial charge in [0.1, 0.15) is 23.7 Å². The van der Waals surface area contributed by atoms with Crippen LogP contribution in [0.15, 0.2) is 54.6 Å². The summed E-state index contributed by atoms with van der Waals surface area (Å²) in [6, 6.07) is 6.62. The van der Waals surface area contributed by atoms with Crippen LogP contribution in [-0.2, 0) is 33.4 Å². The van der Waals surface area contributed by atoms with Crippen LogP contribution in [0.5, 0.6) is 0 Å². The summed E-state index contributed by atoms with van der Waals surface area (Å²) in [7, 11) is 1.51. The first-order chi connectivity index (χ1) is 23.2. The average Bonchev–Trinajstić information content (AvgIpc) is 3.68. The molecule has 0 aliphatic carbocycles. The van der Waals surface area contributed by atoms with Crippen molar-refractivity contribution >= 4 is 23.7 Å². The fourth-order valence-electron chi connectivity index (χ4n) is 8.54. The van der Waals surface area contributed by atoms with Gasteiger partial charge in [0.15, 0.2) is 0 Å². The molecule has 2 N–H and O–H groups in total. The quantitative estimate of drug-likeness (QED) is 0.314. The first kappa shape index (κ1) is 36.7. The van der Waals surface area contributed by atoms with Gasteiger partial charge in [0.25, 0.3) is 0 Å². The van der Waals surface area contributed by atoms with E-state index in [1.807, 2.05) is 63.3 Å². The predicted molar refractivity (Wildman–Crippen MR) is 183 cm³/mol. The number of hydrogen-bond donors (Lipinski definition) is 2. The number of fused-ring (bicyclic) bond motifs is 2. The summed E-state index contributed by atoms with van der Waals surface area (Å²) in [6.45, 7) is 12.2. The predicted octanol–water partition coefficient (Wildman–Crippen LogP) is 3.72. The molecule has 2 fully saturated rings. The number of carbonyl (C=O) groups is 4. The number of likely N-dealkylation sites (tertiary alicyclic amines) is 1. The van der Waals surface area contributed by atoms with Crippen LogP contribution in [0.3, 0.4) is 0 Å². The summed E-state index contributed by atoms with van der Waals surface area (Å²) >= 11 is 0. The highest BCUT2D eigenvalue weighted by molar-refractivity contribution is 5.99. The van der Waals surface area contributed by atoms with Crippen molar-refractivity contribution in [2.45, 2.75) is 109 Å². The fraction of sp³-hybridized carbons (Fsp3) is 0.632. The van der Waals surface area contributed by atoms with E-state index < -0.39 is 65.2 Å². The molecule has 1 spiro atoms. The molecule has 4 aliphatic rings. The molecule has 11 nitrogen and oxygen atoms in total. The molecule has 0 radical (unpaired) electrons. The molecule has 4 heterocycles. The number of cyclic esters (lactones) is 1. The molecule has 49 heavy (non-hydrogen) atoms. The van der Waals surface area contributed by atoms with Gasteiger partial charge >= 0.3 is 5.97 Å². The third-order valence-electron chi connectivity index (χ3n) is 10.3. The number of ether oxygens (including phenoxy) is 3. The minimum atomic E-state index is -1.43. The Bertz CT molecular complexity index is 1450. The van der Waals surface area contributed by atoms with Gasteiger partial charge in [-0.2, -0.15) is 0 Å². The zero-order chi connectivity index (χ0) is 35.7. The minimum absolute atomic E-state index is 0.0715. The van der Waals surface area contributed by atoms with Crippen molar-refractivity contribution in [1.29, 1.82) is 0 Å². The first-order valence-corrected chi connectivity index (χ1v) is 17.5. The Morgan fingerprint density at radius 1 is 1.06 bits per heavy atom. The zero-order valence-corrected chi connectivity index (χ0v) is 29.9. The Morgan fingerprint density at radius 3 is 2.41 bits per heavy atom. The zero-order valence-electron chi connectivity index (χ0n) is 29.9. The topological polar surface area (TPSA) is 135 Å². The summed E-state index contributed by atoms with van der Waals surface area (Å²) in [5.41, 5.74) is -1.56. The summed E-state index contributed by atoms with van der Waals surface area (Å²) in [5.74, 6) is -3.74. The normalized spacial score (nSPS) is 32.2. The number of aliphatic hydroxyl groups excluding tert-OH is 1. The number of hydrogen-bond acceptors (Lipinski definition) is 8. The van der Waals surface area contributed by atoms with Crippen molar-refractivity contribution in [1.82, 2.24) is 15.1 Å². The van der Waals surface area contributed by atoms with Crippen LogP contribution in [0.25, 0.3) is 0 Å². The van der Waals surface area contributed by atoms with E-state index in [0.717, 1.165) is 0 Å². The number of amides is 3. The highest BCUT2D eigenvalue weighted by Gasteiger charge is 2.74. The lowest BCUT2D eigenvalue weighted by Gasteiger charge is -2.46. The molecule has 5 rings (SSSR count). The summed E-state index contributed by atoms with van der Waals surface area (Å²) in [4.78, 5) is 60.7. The number of carbonyl (C=O) groups excluding carboxylic acids is 4. The van der Waals surface area contributed by atoms with Crippen molar-refractivity contribution in [2.24, 2.45) is 17.3 Å². The number of nitrogens with zero attached hydrogens (tertiary/aromatic N) is 2. The smallest absolute Gasteiger partial charge is 0.313 e. The molecule has 8 atom stereocenters. The summed E-state index contributed by atoms with van der Waals surface area (Å²) < 4.78 is 18.4. The summed E-state index contributed by atoms with van der Waals surface area (Å²) in [5, 5.41) is 13.5. The molecule has 2 saturated heterocycles. The molecule has 4 aliphatic heterocycles. The van der Waals surface area contributed by atoms with Crippen molar-refractivity contribution < 1.29 is 38.5 Å². The Kier molecular flexibility index (Phi) is 10.8. The molecule has 1 aromatic rings. The van der Waals surface area contributed by atoms with Crippen LogP contribution in [0.2, 0.25) is 0 Å². The molecule has 0 unspecified atom stereocenters. The standard InChI is InChI=1S/C38H53N3O8/c1-8-25(21-42)41-32-34(45)40(37(5,6)23-36(2,3)4)20-14-10-13-17-28(43)39-26(22-47-7)31(24-15-11-9-12-16-24)48-35(46)29-27-18-19-38(32,49-27)30(29)33(41)44/h9-12,14-16,18-19,25-27,29-32,42H,8,13,17,20-23H2,1-7H3,(H,39,43)/b14-10-/t25-,26-,27+,29-,30-,31-,32+,38-/m0/s1. The van der Waals surface area contributed by atoms with Crippen molar-refractivity contribution in [3.63, 3.8) is 0 Å². The van der Waals surface area contributed by atoms with Gasteiger partial charge in [-0.05, 0) is 44.1 Å². The van der Waals surface area contributed by atoms with Crippen LogP contribution < -0.4 is 5.32 Å². The number of methoxy groups -OCH3 is 1. The van der Waals surface area contributed by atoms with Gasteiger partial charge in [-0.15, -0.1) is 0 Å². The molecule has 0 aromatic heterocycles. The molecular formula is C38H53N3O8. The monoisotopic (exact) mass is 679 g/mol. The second-order valence-corrected chi connectivity index (χ2v) is 15.6. The van der Waals surface area contributed by atoms with E-state index in [0.29, 0.717) is 24.8 Å². The van der Waals surface area contributed by atoms with E-state index in [9.17, 15) is 19.5 Å². The van der Waals surface area contributed by atoms with E-state index in [1.54, 1.807) is 17.1 Å². The molecule has 1 aromatic carbocycles. The van der Waals surface area contributed by atoms with E-state index in [4.69, 9.17) is 14.2 Å². The minimum Gasteiger partial charge on any atom is -0.455 e. The Labute approximate surface area is 290 Å². The number of esters is 1. The Balaban J connectivity index is 1.65. The Morgan fingerprint density at radius 2 is 1.78 bits per heavy atom. The maximum absolute atomic E-state index is 15.1. The fourth-order valence-corrected chi connectivity index (χ4v) is 8.54. The molecule has 11 heteroatoms. The number of nitrogens with one attached hydrogen (secondary N) is 1. The average molecular weight is 680 g/mol. The largest absolute Gasteiger partial charge is 0.455 e. The second kappa shape index (κ2) is 14.4. The van der Waals surface area contributed by atoms with E-state index in [2.05, 4.69) is 26.1 Å². The van der Waals surface area contributed by atoms with E-state index >= 15 is 4.79 Å². The number of allylic oxidation sites excluding steroid dienone is 1. The maximum Gasteiger partial charge on any atom is 0.313 e. The van der Waals surface area contributed by atoms with Crippen LogP contribution in [0.1, 0.15) is 78.9 Å². The van der Waals surface area contributed by atoms with Gasteiger partial charge in [-0.3, -0.25) is 19.2 Å². The van der Waals surface area contributed by atoms with Crippen LogP contribution in [0, 0.1) is 17.3 Å². The molecule has 0 saturated carbocycles. The van der Waals surface area contributed by atoms with Crippen molar-refractivity contribution in [3.8, 4) is 0 Å². The number of rotatable bonds is 8. The van der Waals surface area contributed by atoms with Gasteiger partial charge in [0.2, 0.25) is 17.7 Å². The van der Waals surface area contributed by atoms with Gasteiger partial charge in [0, 0.05) is 25.6 Å². The van der Waals surface area contributed by atoms with Gasteiger partial charge in [-0.25, -0.2) is 0 Å². The molecule has 3 amide bonds. The SMILES string of the molecule is CC[C@@H](CO)N1C(=O)[C@@H]2[C@H]3C(=O)O[C@@H](c4ccccc4)[C@H](COC)NC(=O)CC/C=C\CN(C(C)(C)CC(C)(C)C)C(=O)[C@@H]1[C@]21C=C[C@H]3O1. The van der Waals surface area contributed by atoms with Crippen LogP contribution in [-0.4, -0.2) is 101 Å².